The average molecular weight is 107 g/mol. The number of rotatable bonds is 2. The SMILES string of the molecule is NCCC(=O)OF. The molecule has 7 heavy (non-hydrogen) atoms. The molecule has 42 valence electrons. The summed E-state index contributed by atoms with van der Waals surface area (Å²) in [5.74, 6) is -0.914. The first-order chi connectivity index (χ1) is 3.31. The van der Waals surface area contributed by atoms with E-state index in [4.69, 9.17) is 5.73 Å². The van der Waals surface area contributed by atoms with Gasteiger partial charge in [-0.25, -0.2) is 4.79 Å². The maximum absolute atomic E-state index is 10.7. The van der Waals surface area contributed by atoms with Crippen molar-refractivity contribution in [2.45, 2.75) is 6.42 Å². The molecule has 2 N–H and O–H groups in total. The highest BCUT2D eigenvalue weighted by Gasteiger charge is 1.97. The van der Waals surface area contributed by atoms with Crippen molar-refractivity contribution in [3.8, 4) is 0 Å². The number of carbonyl (C=O) groups is 1. The lowest BCUT2D eigenvalue weighted by Gasteiger charge is -1.85. The van der Waals surface area contributed by atoms with Crippen LogP contribution in [0.5, 0.6) is 0 Å². The molecule has 3 nitrogen and oxygen atoms in total. The fraction of sp³-hybridized carbons (Fsp3) is 0.667. The normalized spacial score (nSPS) is 8.29. The number of nitrogens with two attached hydrogens (primary N) is 1. The van der Waals surface area contributed by atoms with Gasteiger partial charge < -0.3 is 5.73 Å². The van der Waals surface area contributed by atoms with Crippen LogP contribution in [0.25, 0.3) is 0 Å². The highest BCUT2D eigenvalue weighted by molar-refractivity contribution is 5.68. The molecule has 0 amide bonds. The number of hydrogen-bond acceptors (Lipinski definition) is 3. The first kappa shape index (κ1) is 6.36. The Labute approximate surface area is 40.2 Å². The lowest BCUT2D eigenvalue weighted by atomic mass is 10.5. The van der Waals surface area contributed by atoms with Crippen molar-refractivity contribution in [3.05, 3.63) is 0 Å². The largest absolute Gasteiger partial charge is 0.350 e. The first-order valence-corrected chi connectivity index (χ1v) is 1.82. The van der Waals surface area contributed by atoms with Gasteiger partial charge >= 0.3 is 5.97 Å². The Balaban J connectivity index is 3.00. The standard InChI is InChI=1S/C3H6FNO2/c4-7-3(6)1-2-5/h1-2,5H2. The van der Waals surface area contributed by atoms with E-state index in [1.807, 2.05) is 0 Å². The fourth-order valence-electron chi connectivity index (χ4n) is 0.156. The van der Waals surface area contributed by atoms with Crippen LogP contribution >= 0.6 is 0 Å². The van der Waals surface area contributed by atoms with Crippen molar-refractivity contribution in [3.63, 3.8) is 0 Å². The van der Waals surface area contributed by atoms with Gasteiger partial charge in [0.05, 0.1) is 6.42 Å². The quantitative estimate of drug-likeness (QED) is 0.530. The molecule has 0 aliphatic heterocycles. The fourth-order valence-corrected chi connectivity index (χ4v) is 0.156. The lowest BCUT2D eigenvalue weighted by Crippen LogP contribution is -2.07. The van der Waals surface area contributed by atoms with Crippen LogP contribution < -0.4 is 5.73 Å². The third-order valence-electron chi connectivity index (χ3n) is 0.435. The zero-order valence-corrected chi connectivity index (χ0v) is 3.69. The van der Waals surface area contributed by atoms with Gasteiger partial charge in [0.15, 0.2) is 0 Å². The summed E-state index contributed by atoms with van der Waals surface area (Å²) >= 11 is 0. The Morgan fingerprint density at radius 3 is 2.57 bits per heavy atom. The van der Waals surface area contributed by atoms with Gasteiger partial charge in [0.2, 0.25) is 0 Å². The zero-order valence-electron chi connectivity index (χ0n) is 3.69. The van der Waals surface area contributed by atoms with Crippen molar-refractivity contribution in [1.29, 1.82) is 0 Å². The van der Waals surface area contributed by atoms with Gasteiger partial charge in [-0.1, -0.05) is 0 Å². The third kappa shape index (κ3) is 3.18. The van der Waals surface area contributed by atoms with Gasteiger partial charge in [-0.3, -0.25) is 4.94 Å². The summed E-state index contributed by atoms with van der Waals surface area (Å²) in [4.78, 5) is 12.5. The highest BCUT2D eigenvalue weighted by atomic mass is 19.3. The molecule has 0 saturated heterocycles. The molecule has 0 aromatic heterocycles. The van der Waals surface area contributed by atoms with Crippen LogP contribution in [0.15, 0.2) is 0 Å². The molecule has 0 fully saturated rings. The second-order valence-electron chi connectivity index (χ2n) is 0.988. The minimum atomic E-state index is -0.914. The van der Waals surface area contributed by atoms with E-state index in [0.29, 0.717) is 0 Å². The molecule has 0 heterocycles. The van der Waals surface area contributed by atoms with Crippen molar-refractivity contribution in [2.24, 2.45) is 5.73 Å². The molecule has 0 bridgehead atoms. The van der Waals surface area contributed by atoms with E-state index in [0.717, 1.165) is 0 Å². The van der Waals surface area contributed by atoms with Gasteiger partial charge in [-0.05, 0) is 0 Å². The molecular formula is C3H6FNO2. The minimum Gasteiger partial charge on any atom is -0.330 e. The summed E-state index contributed by atoms with van der Waals surface area (Å²) in [5.41, 5.74) is 4.84. The molecule has 4 heteroatoms. The van der Waals surface area contributed by atoms with E-state index >= 15 is 0 Å². The molecule has 0 aromatic carbocycles. The van der Waals surface area contributed by atoms with Gasteiger partial charge in [0.25, 0.3) is 0 Å². The predicted molar refractivity (Wildman–Crippen MR) is 20.9 cm³/mol. The summed E-state index contributed by atoms with van der Waals surface area (Å²) in [5, 5.41) is 0. The second-order valence-corrected chi connectivity index (χ2v) is 0.988. The molecular weight excluding hydrogens is 101 g/mol. The third-order valence-corrected chi connectivity index (χ3v) is 0.435. The molecule has 0 saturated carbocycles. The molecule has 0 rings (SSSR count). The van der Waals surface area contributed by atoms with Gasteiger partial charge in [-0.15, -0.1) is 0 Å². The Bertz CT molecular complexity index is 66.0. The topological polar surface area (TPSA) is 52.3 Å². The van der Waals surface area contributed by atoms with Crippen LogP contribution in [-0.4, -0.2) is 12.5 Å². The maximum atomic E-state index is 10.7. The van der Waals surface area contributed by atoms with E-state index in [1.54, 1.807) is 0 Å². The maximum Gasteiger partial charge on any atom is 0.350 e. The molecule has 0 aliphatic carbocycles. The second kappa shape index (κ2) is 3.55. The summed E-state index contributed by atoms with van der Waals surface area (Å²) in [7, 11) is 0. The van der Waals surface area contributed by atoms with E-state index in [9.17, 15) is 9.32 Å². The van der Waals surface area contributed by atoms with Crippen molar-refractivity contribution < 1.29 is 14.3 Å². The Morgan fingerprint density at radius 2 is 2.43 bits per heavy atom. The predicted octanol–water partition coefficient (Wildman–Crippen LogP) is -0.237. The summed E-state index contributed by atoms with van der Waals surface area (Å²) in [6.07, 6.45) is -0.0590. The van der Waals surface area contributed by atoms with E-state index in [2.05, 4.69) is 4.94 Å². The number of hydrogen-bond donors (Lipinski definition) is 1. The zero-order chi connectivity index (χ0) is 5.70. The van der Waals surface area contributed by atoms with Gasteiger partial charge in [0.1, 0.15) is 0 Å². The molecule has 0 atom stereocenters. The van der Waals surface area contributed by atoms with E-state index in [1.165, 1.54) is 0 Å². The molecule has 0 aliphatic rings. The van der Waals surface area contributed by atoms with Crippen LogP contribution in [0.1, 0.15) is 6.42 Å². The highest BCUT2D eigenvalue weighted by Crippen LogP contribution is 1.80. The Hall–Kier alpha value is -0.640. The van der Waals surface area contributed by atoms with Crippen molar-refractivity contribution in [1.82, 2.24) is 0 Å². The lowest BCUT2D eigenvalue weighted by molar-refractivity contribution is -0.183. The molecule has 0 unspecified atom stereocenters. The van der Waals surface area contributed by atoms with Crippen LogP contribution in [0, 0.1) is 0 Å². The van der Waals surface area contributed by atoms with E-state index in [-0.39, 0.29) is 13.0 Å². The van der Waals surface area contributed by atoms with Crippen molar-refractivity contribution >= 4 is 5.97 Å². The van der Waals surface area contributed by atoms with Crippen LogP contribution in [0.4, 0.5) is 4.53 Å². The molecule has 0 aromatic rings. The number of carbonyl (C=O) groups excluding carboxylic acids is 1. The van der Waals surface area contributed by atoms with E-state index < -0.39 is 5.97 Å². The van der Waals surface area contributed by atoms with Crippen molar-refractivity contribution in [2.75, 3.05) is 6.54 Å². The monoisotopic (exact) mass is 107 g/mol. The molecule has 0 spiro atoms. The average Bonchev–Trinajstić information content (AvgIpc) is 1.68. The van der Waals surface area contributed by atoms with Crippen LogP contribution in [-0.2, 0) is 9.74 Å². The summed E-state index contributed by atoms with van der Waals surface area (Å²) in [6, 6.07) is 0. The number of halogens is 1. The Kier molecular flexibility index (Phi) is 3.22. The first-order valence-electron chi connectivity index (χ1n) is 1.82. The van der Waals surface area contributed by atoms with Gasteiger partial charge in [0, 0.05) is 11.1 Å². The summed E-state index contributed by atoms with van der Waals surface area (Å²) in [6.45, 7) is 0.128. The smallest absolute Gasteiger partial charge is 0.330 e. The Morgan fingerprint density at radius 1 is 1.86 bits per heavy atom. The van der Waals surface area contributed by atoms with Crippen LogP contribution in [0.2, 0.25) is 0 Å². The minimum absolute atomic E-state index is 0.0590. The summed E-state index contributed by atoms with van der Waals surface area (Å²) < 4.78 is 10.7. The van der Waals surface area contributed by atoms with Crippen LogP contribution in [0.3, 0.4) is 0 Å². The molecule has 0 radical (unpaired) electrons. The van der Waals surface area contributed by atoms with Gasteiger partial charge in [-0.2, -0.15) is 0 Å².